The standard InChI is InChI=1S/C18H17N5OS/c1-2-22-11-15(8-21-22)23-10-14-5-12(3-4-17(14)18(23)24)13-6-16(25-19)9-20-7-13/h3-9,11H,2,10,19H2,1H3. The van der Waals surface area contributed by atoms with Crippen molar-refractivity contribution in [2.24, 2.45) is 5.14 Å². The van der Waals surface area contributed by atoms with Crippen molar-refractivity contribution in [2.45, 2.75) is 24.9 Å². The van der Waals surface area contributed by atoms with Crippen LogP contribution in [0.25, 0.3) is 11.1 Å². The van der Waals surface area contributed by atoms with Gasteiger partial charge in [-0.1, -0.05) is 6.07 Å². The number of anilines is 1. The molecule has 3 heterocycles. The van der Waals surface area contributed by atoms with Crippen LogP contribution in [0.4, 0.5) is 5.69 Å². The smallest absolute Gasteiger partial charge is 0.259 e. The number of rotatable bonds is 4. The van der Waals surface area contributed by atoms with Crippen LogP contribution >= 0.6 is 11.9 Å². The van der Waals surface area contributed by atoms with E-state index >= 15 is 0 Å². The van der Waals surface area contributed by atoms with E-state index in [1.807, 2.05) is 36.0 Å². The Morgan fingerprint density at radius 2 is 2.08 bits per heavy atom. The van der Waals surface area contributed by atoms with Crippen LogP contribution in [0.3, 0.4) is 0 Å². The van der Waals surface area contributed by atoms with E-state index in [1.54, 1.807) is 23.5 Å². The van der Waals surface area contributed by atoms with Gasteiger partial charge in [-0.05, 0) is 48.2 Å². The first-order valence-electron chi connectivity index (χ1n) is 7.99. The van der Waals surface area contributed by atoms with Gasteiger partial charge < -0.3 is 4.90 Å². The Labute approximate surface area is 149 Å². The summed E-state index contributed by atoms with van der Waals surface area (Å²) in [4.78, 5) is 19.6. The first-order chi connectivity index (χ1) is 12.2. The van der Waals surface area contributed by atoms with Crippen molar-refractivity contribution in [1.82, 2.24) is 14.8 Å². The van der Waals surface area contributed by atoms with Crippen molar-refractivity contribution in [3.05, 3.63) is 60.2 Å². The lowest BCUT2D eigenvalue weighted by atomic mass is 10.0. The molecule has 25 heavy (non-hydrogen) atoms. The maximum atomic E-state index is 12.7. The number of amides is 1. The minimum absolute atomic E-state index is 0.0154. The Morgan fingerprint density at radius 3 is 2.84 bits per heavy atom. The predicted molar refractivity (Wildman–Crippen MR) is 98.1 cm³/mol. The van der Waals surface area contributed by atoms with E-state index in [0.717, 1.165) is 39.4 Å². The summed E-state index contributed by atoms with van der Waals surface area (Å²) in [5.41, 5.74) is 4.60. The van der Waals surface area contributed by atoms with Crippen molar-refractivity contribution in [3.63, 3.8) is 0 Å². The molecule has 0 aliphatic carbocycles. The van der Waals surface area contributed by atoms with Gasteiger partial charge in [0.25, 0.3) is 5.91 Å². The minimum Gasteiger partial charge on any atom is -0.301 e. The Balaban J connectivity index is 1.67. The fourth-order valence-electron chi connectivity index (χ4n) is 3.01. The van der Waals surface area contributed by atoms with Crippen molar-refractivity contribution in [1.29, 1.82) is 0 Å². The van der Waals surface area contributed by atoms with Gasteiger partial charge in [-0.15, -0.1) is 0 Å². The van der Waals surface area contributed by atoms with E-state index in [9.17, 15) is 4.79 Å². The molecule has 0 fully saturated rings. The van der Waals surface area contributed by atoms with Crippen LogP contribution in [0.5, 0.6) is 0 Å². The van der Waals surface area contributed by atoms with Crippen molar-refractivity contribution in [3.8, 4) is 11.1 Å². The average Bonchev–Trinajstić information content (AvgIpc) is 3.26. The van der Waals surface area contributed by atoms with Gasteiger partial charge in [0.05, 0.1) is 18.4 Å². The Hall–Kier alpha value is -2.64. The molecule has 1 amide bonds. The van der Waals surface area contributed by atoms with Crippen molar-refractivity contribution >= 4 is 23.5 Å². The second kappa shape index (κ2) is 6.34. The number of aryl methyl sites for hydroxylation is 1. The van der Waals surface area contributed by atoms with Crippen molar-refractivity contribution < 1.29 is 4.79 Å². The Morgan fingerprint density at radius 1 is 1.20 bits per heavy atom. The van der Waals surface area contributed by atoms with Gasteiger partial charge >= 0.3 is 0 Å². The molecule has 0 saturated carbocycles. The fraction of sp³-hybridized carbons (Fsp3) is 0.167. The van der Waals surface area contributed by atoms with Gasteiger partial charge in [0.1, 0.15) is 0 Å². The van der Waals surface area contributed by atoms with Crippen LogP contribution in [0.1, 0.15) is 22.8 Å². The van der Waals surface area contributed by atoms with Crippen LogP contribution in [-0.4, -0.2) is 20.7 Å². The second-order valence-corrected chi connectivity index (χ2v) is 6.55. The van der Waals surface area contributed by atoms with Gasteiger partial charge in [-0.2, -0.15) is 5.10 Å². The van der Waals surface area contributed by atoms with Crippen LogP contribution in [0.15, 0.2) is 53.9 Å². The molecule has 1 aromatic carbocycles. The summed E-state index contributed by atoms with van der Waals surface area (Å²) in [6, 6.07) is 7.90. The number of hydrogen-bond acceptors (Lipinski definition) is 5. The van der Waals surface area contributed by atoms with Crippen LogP contribution in [0, 0.1) is 0 Å². The number of fused-ring (bicyclic) bond motifs is 1. The third kappa shape index (κ3) is 2.81. The quantitative estimate of drug-likeness (QED) is 0.731. The van der Waals surface area contributed by atoms with Gasteiger partial charge in [-0.25, -0.2) is 0 Å². The summed E-state index contributed by atoms with van der Waals surface area (Å²) < 4.78 is 1.82. The molecule has 2 N–H and O–H groups in total. The zero-order valence-electron chi connectivity index (χ0n) is 13.7. The molecule has 0 spiro atoms. The summed E-state index contributed by atoms with van der Waals surface area (Å²) in [5.74, 6) is 0.0154. The summed E-state index contributed by atoms with van der Waals surface area (Å²) in [5, 5.41) is 9.88. The topological polar surface area (TPSA) is 77.0 Å². The molecular formula is C18H17N5OS. The Bertz CT molecular complexity index is 952. The molecule has 1 aliphatic rings. The third-order valence-corrected chi connectivity index (χ3v) is 4.84. The molecular weight excluding hydrogens is 334 g/mol. The summed E-state index contributed by atoms with van der Waals surface area (Å²) in [7, 11) is 0. The van der Waals surface area contributed by atoms with E-state index in [2.05, 4.69) is 16.1 Å². The first kappa shape index (κ1) is 15.9. The molecule has 0 unspecified atom stereocenters. The van der Waals surface area contributed by atoms with Gasteiger partial charge in [0.2, 0.25) is 0 Å². The van der Waals surface area contributed by atoms with Gasteiger partial charge in [0.15, 0.2) is 0 Å². The summed E-state index contributed by atoms with van der Waals surface area (Å²) >= 11 is 1.17. The zero-order valence-corrected chi connectivity index (χ0v) is 14.5. The third-order valence-electron chi connectivity index (χ3n) is 4.35. The summed E-state index contributed by atoms with van der Waals surface area (Å²) in [6.45, 7) is 3.35. The number of benzene rings is 1. The molecule has 126 valence electrons. The molecule has 0 saturated heterocycles. The Kier molecular flexibility index (Phi) is 4.03. The normalized spacial score (nSPS) is 13.4. The summed E-state index contributed by atoms with van der Waals surface area (Å²) in [6.07, 6.45) is 7.18. The number of hydrogen-bond donors (Lipinski definition) is 1. The molecule has 7 heteroatoms. The highest BCUT2D eigenvalue weighted by Crippen LogP contribution is 2.32. The minimum atomic E-state index is 0.0154. The second-order valence-electron chi connectivity index (χ2n) is 5.84. The maximum Gasteiger partial charge on any atom is 0.259 e. The molecule has 0 radical (unpaired) electrons. The van der Waals surface area contributed by atoms with Gasteiger partial charge in [-0.3, -0.25) is 19.6 Å². The first-order valence-corrected chi connectivity index (χ1v) is 8.87. The lowest BCUT2D eigenvalue weighted by Crippen LogP contribution is -2.22. The van der Waals surface area contributed by atoms with E-state index < -0.39 is 0 Å². The number of carbonyl (C=O) groups excluding carboxylic acids is 1. The van der Waals surface area contributed by atoms with Crippen LogP contribution in [0.2, 0.25) is 0 Å². The molecule has 0 bridgehead atoms. The molecule has 2 aromatic heterocycles. The van der Waals surface area contributed by atoms with E-state index in [0.29, 0.717) is 6.54 Å². The van der Waals surface area contributed by atoms with Crippen molar-refractivity contribution in [2.75, 3.05) is 4.90 Å². The predicted octanol–water partition coefficient (Wildman–Crippen LogP) is 3.09. The van der Waals surface area contributed by atoms with E-state index in [-0.39, 0.29) is 5.91 Å². The molecule has 6 nitrogen and oxygen atoms in total. The number of nitrogens with two attached hydrogens (primary N) is 1. The van der Waals surface area contributed by atoms with E-state index in [1.165, 1.54) is 11.9 Å². The lowest BCUT2D eigenvalue weighted by molar-refractivity contribution is 0.0996. The largest absolute Gasteiger partial charge is 0.301 e. The number of nitrogens with zero attached hydrogens (tertiary/aromatic N) is 4. The monoisotopic (exact) mass is 351 g/mol. The van der Waals surface area contributed by atoms with Crippen LogP contribution < -0.4 is 10.0 Å². The van der Waals surface area contributed by atoms with Crippen LogP contribution in [-0.2, 0) is 13.1 Å². The maximum absolute atomic E-state index is 12.7. The SMILES string of the molecule is CCn1cc(N2Cc3cc(-c4cncc(SN)c4)ccc3C2=O)cn1. The highest BCUT2D eigenvalue weighted by Gasteiger charge is 2.29. The zero-order chi connectivity index (χ0) is 17.4. The fourth-order valence-corrected chi connectivity index (χ4v) is 3.33. The number of aromatic nitrogens is 3. The average molecular weight is 351 g/mol. The molecule has 0 atom stereocenters. The molecule has 3 aromatic rings. The molecule has 4 rings (SSSR count). The highest BCUT2D eigenvalue weighted by atomic mass is 32.2. The molecule has 1 aliphatic heterocycles. The van der Waals surface area contributed by atoms with E-state index in [4.69, 9.17) is 5.14 Å². The lowest BCUT2D eigenvalue weighted by Gasteiger charge is -2.12. The number of pyridine rings is 1. The number of carbonyl (C=O) groups is 1. The highest BCUT2D eigenvalue weighted by molar-refractivity contribution is 7.97. The van der Waals surface area contributed by atoms with Gasteiger partial charge in [0, 0.05) is 41.2 Å².